The zero-order chi connectivity index (χ0) is 21.8. The summed E-state index contributed by atoms with van der Waals surface area (Å²) in [7, 11) is 0. The third-order valence-corrected chi connectivity index (χ3v) is 5.23. The first kappa shape index (κ1) is 20.7. The van der Waals surface area contributed by atoms with E-state index in [2.05, 4.69) is 15.6 Å². The molecule has 0 radical (unpaired) electrons. The van der Waals surface area contributed by atoms with Gasteiger partial charge in [-0.15, -0.1) is 0 Å². The molecule has 7 heteroatoms. The van der Waals surface area contributed by atoms with Crippen molar-refractivity contribution in [3.8, 4) is 16.9 Å². The van der Waals surface area contributed by atoms with Crippen molar-refractivity contribution in [2.75, 3.05) is 18.4 Å². The Morgan fingerprint density at radius 1 is 1.10 bits per heavy atom. The van der Waals surface area contributed by atoms with Gasteiger partial charge in [-0.25, -0.2) is 9.78 Å². The Labute approximate surface area is 182 Å². The van der Waals surface area contributed by atoms with Gasteiger partial charge in [-0.05, 0) is 38.8 Å². The van der Waals surface area contributed by atoms with Crippen LogP contribution >= 0.6 is 0 Å². The molecule has 0 unspecified atom stereocenters. The Balaban J connectivity index is 1.60. The molecule has 0 atom stereocenters. The molecule has 4 rings (SSSR count). The van der Waals surface area contributed by atoms with Gasteiger partial charge in [0.15, 0.2) is 0 Å². The fourth-order valence-electron chi connectivity index (χ4n) is 3.44. The molecular weight excluding hydrogens is 390 g/mol. The number of nitrogens with one attached hydrogen (secondary N) is 2. The summed E-state index contributed by atoms with van der Waals surface area (Å²) in [6.45, 7) is 4.43. The number of carbonyl (C=O) groups is 2. The summed E-state index contributed by atoms with van der Waals surface area (Å²) in [4.78, 5) is 31.5. The monoisotopic (exact) mass is 417 g/mol. The molecule has 3 aromatic rings. The maximum atomic E-state index is 12.9. The molecule has 1 aliphatic rings. The van der Waals surface area contributed by atoms with Crippen molar-refractivity contribution in [2.24, 2.45) is 0 Å². The van der Waals surface area contributed by atoms with Crippen molar-refractivity contribution >= 4 is 17.9 Å². The lowest BCUT2D eigenvalue weighted by Gasteiger charge is -2.21. The van der Waals surface area contributed by atoms with Gasteiger partial charge >= 0.3 is 6.03 Å². The molecule has 1 saturated carbocycles. The molecule has 1 fully saturated rings. The molecule has 0 saturated heterocycles. The standard InChI is InChI=1S/C24H27N5O2/c1-3-25-24(31)29(20-13-14-20)16-22(30)27-23-26-21(18-7-5-4-6-8-18)15-28(23)19-11-9-17(2)10-12-19/h4-12,15,20H,3,13-14,16H2,1-2H3,(H,25,31)(H,26,27,30). The van der Waals surface area contributed by atoms with Crippen molar-refractivity contribution < 1.29 is 9.59 Å². The molecule has 160 valence electrons. The molecule has 0 spiro atoms. The third-order valence-electron chi connectivity index (χ3n) is 5.23. The molecular formula is C24H27N5O2. The highest BCUT2D eigenvalue weighted by Crippen LogP contribution is 2.27. The largest absolute Gasteiger partial charge is 0.338 e. The number of imidazole rings is 1. The lowest BCUT2D eigenvalue weighted by atomic mass is 10.2. The van der Waals surface area contributed by atoms with Gasteiger partial charge in [0.05, 0.1) is 5.69 Å². The molecule has 2 N–H and O–H groups in total. The highest BCUT2D eigenvalue weighted by Gasteiger charge is 2.33. The summed E-state index contributed by atoms with van der Waals surface area (Å²) >= 11 is 0. The minimum absolute atomic E-state index is 0.00206. The average molecular weight is 418 g/mol. The van der Waals surface area contributed by atoms with Crippen LogP contribution in [0.1, 0.15) is 25.3 Å². The molecule has 31 heavy (non-hydrogen) atoms. The quantitative estimate of drug-likeness (QED) is 0.610. The number of rotatable bonds is 7. The molecule has 3 amide bonds. The number of carbonyl (C=O) groups excluding carboxylic acids is 2. The number of amides is 3. The van der Waals surface area contributed by atoms with Crippen molar-refractivity contribution in [1.82, 2.24) is 19.8 Å². The van der Waals surface area contributed by atoms with E-state index in [0.29, 0.717) is 12.5 Å². The zero-order valence-corrected chi connectivity index (χ0v) is 17.8. The van der Waals surface area contributed by atoms with Crippen molar-refractivity contribution in [3.05, 3.63) is 66.4 Å². The van der Waals surface area contributed by atoms with E-state index in [-0.39, 0.29) is 24.5 Å². The van der Waals surface area contributed by atoms with E-state index in [0.717, 1.165) is 35.3 Å². The van der Waals surface area contributed by atoms with Gasteiger partial charge in [-0.3, -0.25) is 14.7 Å². The van der Waals surface area contributed by atoms with Gasteiger partial charge in [0.2, 0.25) is 11.9 Å². The van der Waals surface area contributed by atoms with Crippen molar-refractivity contribution in [1.29, 1.82) is 0 Å². The molecule has 1 aliphatic carbocycles. The van der Waals surface area contributed by atoms with Gasteiger partial charge in [-0.2, -0.15) is 0 Å². The lowest BCUT2D eigenvalue weighted by Crippen LogP contribution is -2.45. The Bertz CT molecular complexity index is 1060. The molecule has 1 heterocycles. The van der Waals surface area contributed by atoms with Gasteiger partial charge in [0.1, 0.15) is 6.54 Å². The van der Waals surface area contributed by atoms with Crippen LogP contribution in [0.5, 0.6) is 0 Å². The Morgan fingerprint density at radius 2 is 1.81 bits per heavy atom. The summed E-state index contributed by atoms with van der Waals surface area (Å²) in [5.74, 6) is 0.163. The van der Waals surface area contributed by atoms with Crippen LogP contribution in [0.2, 0.25) is 0 Å². The Hall–Kier alpha value is -3.61. The molecule has 1 aromatic heterocycles. The summed E-state index contributed by atoms with van der Waals surface area (Å²) in [5.41, 5.74) is 3.78. The number of urea groups is 1. The van der Waals surface area contributed by atoms with Crippen LogP contribution in [-0.4, -0.2) is 45.5 Å². The number of hydrogen-bond acceptors (Lipinski definition) is 3. The van der Waals surface area contributed by atoms with Crippen LogP contribution < -0.4 is 10.6 Å². The van der Waals surface area contributed by atoms with Crippen molar-refractivity contribution in [3.63, 3.8) is 0 Å². The minimum Gasteiger partial charge on any atom is -0.338 e. The van der Waals surface area contributed by atoms with Crippen LogP contribution in [0.3, 0.4) is 0 Å². The second-order valence-electron chi connectivity index (χ2n) is 7.76. The molecule has 7 nitrogen and oxygen atoms in total. The summed E-state index contributed by atoms with van der Waals surface area (Å²) < 4.78 is 1.87. The highest BCUT2D eigenvalue weighted by molar-refractivity contribution is 5.93. The van der Waals surface area contributed by atoms with E-state index in [9.17, 15) is 9.59 Å². The van der Waals surface area contributed by atoms with Gasteiger partial charge < -0.3 is 10.2 Å². The fourth-order valence-corrected chi connectivity index (χ4v) is 3.44. The second kappa shape index (κ2) is 9.04. The first-order valence-electron chi connectivity index (χ1n) is 10.6. The summed E-state index contributed by atoms with van der Waals surface area (Å²) in [6, 6.07) is 17.8. The number of aryl methyl sites for hydroxylation is 1. The predicted octanol–water partition coefficient (Wildman–Crippen LogP) is 3.98. The number of aromatic nitrogens is 2. The Morgan fingerprint density at radius 3 is 2.45 bits per heavy atom. The first-order chi connectivity index (χ1) is 15.0. The second-order valence-corrected chi connectivity index (χ2v) is 7.76. The summed E-state index contributed by atoms with van der Waals surface area (Å²) in [6.07, 6.45) is 3.78. The fraction of sp³-hybridized carbons (Fsp3) is 0.292. The Kier molecular flexibility index (Phi) is 6.02. The van der Waals surface area contributed by atoms with Crippen LogP contribution in [0.4, 0.5) is 10.7 Å². The smallest absolute Gasteiger partial charge is 0.318 e. The summed E-state index contributed by atoms with van der Waals surface area (Å²) in [5, 5.41) is 5.71. The maximum absolute atomic E-state index is 12.9. The maximum Gasteiger partial charge on any atom is 0.318 e. The van der Waals surface area contributed by atoms with Crippen molar-refractivity contribution in [2.45, 2.75) is 32.7 Å². The van der Waals surface area contributed by atoms with E-state index in [1.165, 1.54) is 0 Å². The van der Waals surface area contributed by atoms with Gasteiger partial charge in [0.25, 0.3) is 0 Å². The van der Waals surface area contributed by atoms with Gasteiger partial charge in [0, 0.05) is 30.0 Å². The van der Waals surface area contributed by atoms with E-state index >= 15 is 0 Å². The number of hydrogen-bond donors (Lipinski definition) is 2. The highest BCUT2D eigenvalue weighted by atomic mass is 16.2. The molecule has 2 aromatic carbocycles. The predicted molar refractivity (Wildman–Crippen MR) is 121 cm³/mol. The number of anilines is 1. The van der Waals surface area contributed by atoms with Crippen LogP contribution in [0, 0.1) is 6.92 Å². The lowest BCUT2D eigenvalue weighted by molar-refractivity contribution is -0.116. The topological polar surface area (TPSA) is 79.3 Å². The van der Waals surface area contributed by atoms with Gasteiger partial charge in [-0.1, -0.05) is 48.0 Å². The van der Waals surface area contributed by atoms with Crippen LogP contribution in [0.15, 0.2) is 60.8 Å². The zero-order valence-electron chi connectivity index (χ0n) is 17.8. The number of benzene rings is 2. The average Bonchev–Trinajstić information content (AvgIpc) is 3.53. The first-order valence-corrected chi connectivity index (χ1v) is 10.6. The normalized spacial score (nSPS) is 13.0. The van der Waals surface area contributed by atoms with Crippen LogP contribution in [0.25, 0.3) is 16.9 Å². The molecule has 0 bridgehead atoms. The minimum atomic E-state index is -0.267. The SMILES string of the molecule is CCNC(=O)N(CC(=O)Nc1nc(-c2ccccc2)cn1-c1ccc(C)cc1)C1CC1. The van der Waals surface area contributed by atoms with E-state index in [1.54, 1.807) is 4.90 Å². The number of nitrogens with zero attached hydrogens (tertiary/aromatic N) is 3. The third kappa shape index (κ3) is 4.94. The van der Waals surface area contributed by atoms with E-state index < -0.39 is 0 Å². The van der Waals surface area contributed by atoms with E-state index in [4.69, 9.17) is 0 Å². The van der Waals surface area contributed by atoms with E-state index in [1.807, 2.05) is 79.2 Å². The van der Waals surface area contributed by atoms with Crippen LogP contribution in [-0.2, 0) is 4.79 Å². The molecule has 0 aliphatic heterocycles.